The number of hydrogen-bond acceptors (Lipinski definition) is 4. The van der Waals surface area contributed by atoms with Crippen LogP contribution in [0.5, 0.6) is 0 Å². The van der Waals surface area contributed by atoms with E-state index in [0.29, 0.717) is 29.4 Å². The Labute approximate surface area is 155 Å². The second-order valence-corrected chi connectivity index (χ2v) is 6.57. The summed E-state index contributed by atoms with van der Waals surface area (Å²) in [4.78, 5) is 19.3. The molecule has 0 saturated carbocycles. The Hall–Kier alpha value is -3.38. The van der Waals surface area contributed by atoms with Gasteiger partial charge >= 0.3 is 0 Å². The van der Waals surface area contributed by atoms with Gasteiger partial charge in [0.1, 0.15) is 29.5 Å². The zero-order chi connectivity index (χ0) is 18.4. The van der Waals surface area contributed by atoms with Gasteiger partial charge in [-0.05, 0) is 42.3 Å². The summed E-state index contributed by atoms with van der Waals surface area (Å²) >= 11 is 0. The number of carbonyl (C=O) groups is 1. The van der Waals surface area contributed by atoms with Crippen LogP contribution in [0.3, 0.4) is 0 Å². The minimum atomic E-state index is -0.136. The van der Waals surface area contributed by atoms with Crippen molar-refractivity contribution in [3.63, 3.8) is 0 Å². The third-order valence-electron chi connectivity index (χ3n) is 4.90. The van der Waals surface area contributed by atoms with Crippen molar-refractivity contribution in [2.75, 3.05) is 11.4 Å². The molecule has 134 valence electrons. The molecular weight excluding hydrogens is 342 g/mol. The highest BCUT2D eigenvalue weighted by Crippen LogP contribution is 2.29. The van der Waals surface area contributed by atoms with Crippen LogP contribution in [0.1, 0.15) is 21.8 Å². The molecular formula is C21H17N3O3. The van der Waals surface area contributed by atoms with Gasteiger partial charge < -0.3 is 18.8 Å². The third kappa shape index (κ3) is 2.62. The Kier molecular flexibility index (Phi) is 3.58. The Morgan fingerprint density at radius 3 is 2.85 bits per heavy atom. The number of carbonyl (C=O) groups excluding carboxylic acids is 1. The van der Waals surface area contributed by atoms with Crippen LogP contribution < -0.4 is 4.90 Å². The SMILES string of the molecule is O=C(c1cn2cc(-c3ccc(CO)o3)ccc2n1)N1CCc2ccccc21. The summed E-state index contributed by atoms with van der Waals surface area (Å²) < 4.78 is 7.41. The molecule has 1 aliphatic rings. The maximum Gasteiger partial charge on any atom is 0.278 e. The highest BCUT2D eigenvalue weighted by Gasteiger charge is 2.26. The fourth-order valence-electron chi connectivity index (χ4n) is 3.55. The number of amides is 1. The van der Waals surface area contributed by atoms with Gasteiger partial charge in [0.25, 0.3) is 5.91 Å². The van der Waals surface area contributed by atoms with Gasteiger partial charge in [-0.15, -0.1) is 0 Å². The van der Waals surface area contributed by atoms with E-state index in [1.165, 1.54) is 5.56 Å². The Morgan fingerprint density at radius 2 is 2.00 bits per heavy atom. The molecule has 6 heteroatoms. The second-order valence-electron chi connectivity index (χ2n) is 6.57. The lowest BCUT2D eigenvalue weighted by atomic mass is 10.2. The molecule has 0 bridgehead atoms. The van der Waals surface area contributed by atoms with Crippen molar-refractivity contribution in [1.82, 2.24) is 9.38 Å². The summed E-state index contributed by atoms with van der Waals surface area (Å²) in [5.74, 6) is 1.08. The third-order valence-corrected chi connectivity index (χ3v) is 4.90. The van der Waals surface area contributed by atoms with Gasteiger partial charge in [-0.25, -0.2) is 4.98 Å². The number of aliphatic hydroxyl groups excluding tert-OH is 1. The van der Waals surface area contributed by atoms with E-state index in [1.54, 1.807) is 17.2 Å². The zero-order valence-corrected chi connectivity index (χ0v) is 14.5. The Bertz CT molecular complexity index is 1160. The first-order valence-corrected chi connectivity index (χ1v) is 8.81. The average molecular weight is 359 g/mol. The molecule has 5 rings (SSSR count). The molecule has 1 N–H and O–H groups in total. The largest absolute Gasteiger partial charge is 0.459 e. The van der Waals surface area contributed by atoms with E-state index >= 15 is 0 Å². The van der Waals surface area contributed by atoms with E-state index < -0.39 is 0 Å². The number of benzene rings is 1. The van der Waals surface area contributed by atoms with Gasteiger partial charge in [0.15, 0.2) is 0 Å². The van der Waals surface area contributed by atoms with Gasteiger partial charge in [-0.2, -0.15) is 0 Å². The molecule has 0 fully saturated rings. The maximum atomic E-state index is 13.0. The first kappa shape index (κ1) is 15.8. The highest BCUT2D eigenvalue weighted by atomic mass is 16.4. The predicted octanol–water partition coefficient (Wildman–Crippen LogP) is 3.29. The van der Waals surface area contributed by atoms with Crippen LogP contribution in [-0.4, -0.2) is 26.9 Å². The van der Waals surface area contributed by atoms with Crippen molar-refractivity contribution in [3.05, 3.63) is 77.9 Å². The monoisotopic (exact) mass is 359 g/mol. The van der Waals surface area contributed by atoms with Crippen LogP contribution >= 0.6 is 0 Å². The van der Waals surface area contributed by atoms with E-state index in [1.807, 2.05) is 47.0 Å². The molecule has 0 radical (unpaired) electrons. The van der Waals surface area contributed by atoms with E-state index in [4.69, 9.17) is 9.52 Å². The smallest absolute Gasteiger partial charge is 0.278 e. The predicted molar refractivity (Wildman–Crippen MR) is 101 cm³/mol. The molecule has 27 heavy (non-hydrogen) atoms. The fourth-order valence-corrected chi connectivity index (χ4v) is 3.55. The summed E-state index contributed by atoms with van der Waals surface area (Å²) in [6.45, 7) is 0.539. The molecule has 1 aliphatic heterocycles. The summed E-state index contributed by atoms with van der Waals surface area (Å²) in [7, 11) is 0. The number of hydrogen-bond donors (Lipinski definition) is 1. The molecule has 1 aromatic carbocycles. The minimum absolute atomic E-state index is 0.0919. The lowest BCUT2D eigenvalue weighted by molar-refractivity contribution is 0.0985. The van der Waals surface area contributed by atoms with Crippen molar-refractivity contribution in [3.8, 4) is 11.3 Å². The molecule has 0 saturated heterocycles. The van der Waals surface area contributed by atoms with E-state index in [2.05, 4.69) is 11.1 Å². The number of fused-ring (bicyclic) bond motifs is 2. The van der Waals surface area contributed by atoms with Crippen LogP contribution in [0.4, 0.5) is 5.69 Å². The fraction of sp³-hybridized carbons (Fsp3) is 0.143. The topological polar surface area (TPSA) is 71.0 Å². The van der Waals surface area contributed by atoms with Crippen molar-refractivity contribution in [2.45, 2.75) is 13.0 Å². The molecule has 1 amide bonds. The summed E-state index contributed by atoms with van der Waals surface area (Å²) in [6, 6.07) is 15.3. The van der Waals surface area contributed by atoms with Crippen LogP contribution in [0, 0.1) is 0 Å². The van der Waals surface area contributed by atoms with Crippen LogP contribution in [0.2, 0.25) is 0 Å². The molecule has 4 heterocycles. The zero-order valence-electron chi connectivity index (χ0n) is 14.5. The first-order valence-electron chi connectivity index (χ1n) is 8.81. The number of para-hydroxylation sites is 1. The summed E-state index contributed by atoms with van der Waals surface area (Å²) in [6.07, 6.45) is 4.49. The number of rotatable bonds is 3. The lowest BCUT2D eigenvalue weighted by Crippen LogP contribution is -2.29. The van der Waals surface area contributed by atoms with Crippen molar-refractivity contribution < 1.29 is 14.3 Å². The normalized spacial score (nSPS) is 13.3. The standard InChI is InChI=1S/C21H17N3O3/c25-13-16-6-7-19(27-16)15-5-8-20-22-17(12-23(20)11-15)21(26)24-10-9-14-3-1-2-4-18(14)24/h1-8,11-12,25H,9-10,13H2. The maximum absolute atomic E-state index is 13.0. The quantitative estimate of drug-likeness (QED) is 0.609. The number of pyridine rings is 1. The molecule has 0 spiro atoms. The van der Waals surface area contributed by atoms with E-state index in [0.717, 1.165) is 17.7 Å². The van der Waals surface area contributed by atoms with Gasteiger partial charge in [-0.1, -0.05) is 18.2 Å². The lowest BCUT2D eigenvalue weighted by Gasteiger charge is -2.15. The molecule has 4 aromatic rings. The van der Waals surface area contributed by atoms with Crippen LogP contribution in [0.25, 0.3) is 17.0 Å². The molecule has 6 nitrogen and oxygen atoms in total. The molecule has 3 aromatic heterocycles. The Balaban J connectivity index is 1.49. The number of aromatic nitrogens is 2. The van der Waals surface area contributed by atoms with E-state index in [-0.39, 0.29) is 12.5 Å². The minimum Gasteiger partial charge on any atom is -0.459 e. The van der Waals surface area contributed by atoms with Crippen LogP contribution in [-0.2, 0) is 13.0 Å². The van der Waals surface area contributed by atoms with Crippen molar-refractivity contribution in [2.24, 2.45) is 0 Å². The second kappa shape index (κ2) is 6.10. The first-order chi connectivity index (χ1) is 13.2. The molecule has 0 unspecified atom stereocenters. The Morgan fingerprint density at radius 1 is 1.11 bits per heavy atom. The van der Waals surface area contributed by atoms with Gasteiger partial charge in [-0.3, -0.25) is 4.79 Å². The van der Waals surface area contributed by atoms with E-state index in [9.17, 15) is 4.79 Å². The van der Waals surface area contributed by atoms with Crippen molar-refractivity contribution >= 4 is 17.2 Å². The van der Waals surface area contributed by atoms with Crippen LogP contribution in [0.15, 0.2) is 65.3 Å². The number of aliphatic hydroxyl groups is 1. The average Bonchev–Trinajstić information content (AvgIpc) is 3.43. The number of imidazole rings is 1. The number of furan rings is 1. The van der Waals surface area contributed by atoms with Gasteiger partial charge in [0.2, 0.25) is 0 Å². The number of nitrogens with zero attached hydrogens (tertiary/aromatic N) is 3. The molecule has 0 aliphatic carbocycles. The number of anilines is 1. The summed E-state index contributed by atoms with van der Waals surface area (Å²) in [5.41, 5.74) is 4.12. The van der Waals surface area contributed by atoms with Gasteiger partial charge in [0, 0.05) is 30.2 Å². The summed E-state index contributed by atoms with van der Waals surface area (Å²) in [5, 5.41) is 9.16. The highest BCUT2D eigenvalue weighted by molar-refractivity contribution is 6.06. The van der Waals surface area contributed by atoms with Gasteiger partial charge in [0.05, 0.1) is 0 Å². The van der Waals surface area contributed by atoms with Crippen molar-refractivity contribution in [1.29, 1.82) is 0 Å². The molecule has 0 atom stereocenters.